The lowest BCUT2D eigenvalue weighted by Crippen LogP contribution is -2.35. The summed E-state index contributed by atoms with van der Waals surface area (Å²) in [5.41, 5.74) is 1.66. The molecule has 2 unspecified atom stereocenters. The van der Waals surface area contributed by atoms with Gasteiger partial charge in [-0.25, -0.2) is 0 Å². The molecule has 4 nitrogen and oxygen atoms in total. The number of carbonyl (C=O) groups excluding carboxylic acids is 1. The average Bonchev–Trinajstić information content (AvgIpc) is 2.75. The van der Waals surface area contributed by atoms with Crippen LogP contribution in [0.15, 0.2) is 24.3 Å². The van der Waals surface area contributed by atoms with Crippen LogP contribution < -0.4 is 0 Å². The predicted molar refractivity (Wildman–Crippen MR) is 69.0 cm³/mol. The van der Waals surface area contributed by atoms with Gasteiger partial charge in [-0.3, -0.25) is 4.79 Å². The maximum absolute atomic E-state index is 11.8. The van der Waals surface area contributed by atoms with Crippen molar-refractivity contribution in [2.45, 2.75) is 38.1 Å². The lowest BCUT2D eigenvalue weighted by molar-refractivity contribution is -0.145. The molecule has 3 aliphatic rings. The van der Waals surface area contributed by atoms with Crippen LogP contribution in [-0.2, 0) is 9.53 Å². The summed E-state index contributed by atoms with van der Waals surface area (Å²) in [7, 11) is 0. The highest BCUT2D eigenvalue weighted by Crippen LogP contribution is 2.52. The van der Waals surface area contributed by atoms with E-state index in [2.05, 4.69) is 13.2 Å². The van der Waals surface area contributed by atoms with Crippen LogP contribution in [-0.4, -0.2) is 34.5 Å². The summed E-state index contributed by atoms with van der Waals surface area (Å²) in [5.74, 6) is -0.823. The number of aliphatic hydroxyl groups is 2. The normalized spacial score (nSPS) is 49.6. The van der Waals surface area contributed by atoms with E-state index in [1.54, 1.807) is 6.92 Å². The van der Waals surface area contributed by atoms with E-state index < -0.39 is 12.2 Å². The van der Waals surface area contributed by atoms with Crippen molar-refractivity contribution in [1.29, 1.82) is 0 Å². The minimum absolute atomic E-state index is 0.0604. The van der Waals surface area contributed by atoms with Gasteiger partial charge >= 0.3 is 5.97 Å². The number of esters is 1. The highest BCUT2D eigenvalue weighted by Gasteiger charge is 2.56. The standard InChI is InChI=1S/C15H20O4/c1-6-4-11(17)13-8(3)15(18)19-14(13)12-7(2)10(16)5-9(6)12/h8-14,16-17H,1-2,4-5H2,3H3/t8-,9?,10+,11-,12?,13-,14-/m1/s1. The third-order valence-electron chi connectivity index (χ3n) is 5.14. The average molecular weight is 264 g/mol. The van der Waals surface area contributed by atoms with E-state index in [0.29, 0.717) is 12.8 Å². The zero-order valence-electron chi connectivity index (χ0n) is 11.1. The fourth-order valence-corrected chi connectivity index (χ4v) is 4.06. The third-order valence-corrected chi connectivity index (χ3v) is 5.14. The summed E-state index contributed by atoms with van der Waals surface area (Å²) >= 11 is 0. The molecule has 104 valence electrons. The van der Waals surface area contributed by atoms with Crippen molar-refractivity contribution in [3.63, 3.8) is 0 Å². The molecule has 0 spiro atoms. The summed E-state index contributed by atoms with van der Waals surface area (Å²) in [4.78, 5) is 11.8. The van der Waals surface area contributed by atoms with E-state index in [0.717, 1.165) is 11.1 Å². The fourth-order valence-electron chi connectivity index (χ4n) is 4.06. The highest BCUT2D eigenvalue weighted by molar-refractivity contribution is 5.75. The molecule has 1 heterocycles. The Kier molecular flexibility index (Phi) is 2.84. The van der Waals surface area contributed by atoms with Crippen molar-refractivity contribution in [3.05, 3.63) is 24.3 Å². The molecule has 0 aromatic heterocycles. The molecule has 2 N–H and O–H groups in total. The summed E-state index contributed by atoms with van der Waals surface area (Å²) in [6.45, 7) is 9.82. The van der Waals surface area contributed by atoms with Crippen LogP contribution in [0.1, 0.15) is 19.8 Å². The van der Waals surface area contributed by atoms with Crippen LogP contribution in [0.3, 0.4) is 0 Å². The Morgan fingerprint density at radius 2 is 2.00 bits per heavy atom. The summed E-state index contributed by atoms with van der Waals surface area (Å²) < 4.78 is 5.50. The Bertz CT molecular complexity index is 455. The van der Waals surface area contributed by atoms with E-state index in [4.69, 9.17) is 4.74 Å². The summed E-state index contributed by atoms with van der Waals surface area (Å²) in [5, 5.41) is 20.4. The Balaban J connectivity index is 2.03. The number of aliphatic hydroxyl groups excluding tert-OH is 2. The molecule has 2 saturated carbocycles. The van der Waals surface area contributed by atoms with Gasteiger partial charge < -0.3 is 14.9 Å². The molecule has 1 saturated heterocycles. The first-order chi connectivity index (χ1) is 8.91. The SMILES string of the molecule is C=C1C[C@@H](O)[C@@H]2[C@H](OC(=O)[C@@H]2C)C2C(=C)[C@@H](O)CC12. The Hall–Kier alpha value is -1.13. The third kappa shape index (κ3) is 1.70. The largest absolute Gasteiger partial charge is 0.461 e. The zero-order valence-corrected chi connectivity index (χ0v) is 11.1. The van der Waals surface area contributed by atoms with E-state index in [-0.39, 0.29) is 35.7 Å². The second-order valence-corrected chi connectivity index (χ2v) is 6.16. The van der Waals surface area contributed by atoms with Gasteiger partial charge in [-0.05, 0) is 24.3 Å². The number of rotatable bonds is 0. The van der Waals surface area contributed by atoms with Crippen molar-refractivity contribution in [2.24, 2.45) is 23.7 Å². The molecular weight excluding hydrogens is 244 g/mol. The summed E-state index contributed by atoms with van der Waals surface area (Å²) in [6, 6.07) is 0. The summed E-state index contributed by atoms with van der Waals surface area (Å²) in [6.07, 6.45) is -0.480. The Labute approximate surface area is 112 Å². The molecule has 3 rings (SSSR count). The van der Waals surface area contributed by atoms with Gasteiger partial charge in [0.1, 0.15) is 6.10 Å². The van der Waals surface area contributed by atoms with Gasteiger partial charge in [0.25, 0.3) is 0 Å². The lowest BCUT2D eigenvalue weighted by Gasteiger charge is -2.27. The first kappa shape index (κ1) is 12.9. The Morgan fingerprint density at radius 3 is 2.68 bits per heavy atom. The zero-order chi connectivity index (χ0) is 13.9. The monoisotopic (exact) mass is 264 g/mol. The quantitative estimate of drug-likeness (QED) is 0.507. The molecular formula is C15H20O4. The second-order valence-electron chi connectivity index (χ2n) is 6.16. The maximum Gasteiger partial charge on any atom is 0.309 e. The molecule has 2 aliphatic carbocycles. The van der Waals surface area contributed by atoms with Gasteiger partial charge in [-0.15, -0.1) is 0 Å². The highest BCUT2D eigenvalue weighted by atomic mass is 16.6. The second kappa shape index (κ2) is 4.18. The van der Waals surface area contributed by atoms with Crippen molar-refractivity contribution < 1.29 is 19.7 Å². The minimum Gasteiger partial charge on any atom is -0.461 e. The maximum atomic E-state index is 11.8. The fraction of sp³-hybridized carbons (Fsp3) is 0.667. The first-order valence-electron chi connectivity index (χ1n) is 6.84. The molecule has 4 heteroatoms. The van der Waals surface area contributed by atoms with Crippen LogP contribution in [0, 0.1) is 23.7 Å². The smallest absolute Gasteiger partial charge is 0.309 e. The van der Waals surface area contributed by atoms with Gasteiger partial charge in [-0.2, -0.15) is 0 Å². The lowest BCUT2D eigenvalue weighted by atomic mass is 9.79. The van der Waals surface area contributed by atoms with Gasteiger partial charge in [0, 0.05) is 11.8 Å². The van der Waals surface area contributed by atoms with Crippen molar-refractivity contribution >= 4 is 5.97 Å². The topological polar surface area (TPSA) is 66.8 Å². The van der Waals surface area contributed by atoms with E-state index >= 15 is 0 Å². The molecule has 19 heavy (non-hydrogen) atoms. The first-order valence-corrected chi connectivity index (χ1v) is 6.84. The predicted octanol–water partition coefficient (Wildman–Crippen LogP) is 1.04. The van der Waals surface area contributed by atoms with Crippen molar-refractivity contribution in [2.75, 3.05) is 0 Å². The molecule has 0 radical (unpaired) electrons. The number of carbonyl (C=O) groups is 1. The molecule has 0 bridgehead atoms. The van der Waals surface area contributed by atoms with E-state index in [9.17, 15) is 15.0 Å². The minimum atomic E-state index is -0.602. The van der Waals surface area contributed by atoms with Gasteiger partial charge in [0.15, 0.2) is 0 Å². The van der Waals surface area contributed by atoms with Crippen LogP contribution in [0.25, 0.3) is 0 Å². The Morgan fingerprint density at radius 1 is 1.32 bits per heavy atom. The number of fused-ring (bicyclic) bond motifs is 3. The van der Waals surface area contributed by atoms with Crippen LogP contribution in [0.4, 0.5) is 0 Å². The van der Waals surface area contributed by atoms with Gasteiger partial charge in [0.2, 0.25) is 0 Å². The molecule has 7 atom stereocenters. The molecule has 0 aromatic rings. The van der Waals surface area contributed by atoms with E-state index in [1.807, 2.05) is 0 Å². The molecule has 0 aromatic carbocycles. The van der Waals surface area contributed by atoms with E-state index in [1.165, 1.54) is 0 Å². The van der Waals surface area contributed by atoms with Crippen LogP contribution >= 0.6 is 0 Å². The number of hydrogen-bond acceptors (Lipinski definition) is 4. The van der Waals surface area contributed by atoms with Crippen LogP contribution in [0.5, 0.6) is 0 Å². The van der Waals surface area contributed by atoms with Crippen molar-refractivity contribution in [3.8, 4) is 0 Å². The number of hydrogen-bond donors (Lipinski definition) is 2. The molecule has 0 amide bonds. The number of ether oxygens (including phenoxy) is 1. The molecule has 3 fully saturated rings. The van der Waals surface area contributed by atoms with Gasteiger partial charge in [-0.1, -0.05) is 25.7 Å². The van der Waals surface area contributed by atoms with Gasteiger partial charge in [0.05, 0.1) is 18.1 Å². The van der Waals surface area contributed by atoms with Crippen LogP contribution in [0.2, 0.25) is 0 Å². The van der Waals surface area contributed by atoms with Crippen molar-refractivity contribution in [1.82, 2.24) is 0 Å². The molecule has 1 aliphatic heterocycles.